The van der Waals surface area contributed by atoms with Crippen LogP contribution in [-0.4, -0.2) is 69.7 Å². The van der Waals surface area contributed by atoms with Crippen molar-refractivity contribution in [3.63, 3.8) is 0 Å². The molecule has 4 N–H and O–H groups in total. The Morgan fingerprint density at radius 2 is 1.73 bits per heavy atom. The molecule has 0 spiro atoms. The molecule has 1 atom stereocenters. The Balaban J connectivity index is 2.81. The van der Waals surface area contributed by atoms with E-state index in [1.807, 2.05) is 0 Å². The molecule has 1 aliphatic rings. The smallest absolute Gasteiger partial charge is 0.223 e. The second kappa shape index (κ2) is 4.89. The fourth-order valence-electron chi connectivity index (χ4n) is 1.77. The standard InChI is InChI=1S/C9H17NO5/c11-3-7-1-8(15)10(2-7)9(4-12,5-13)6-14/h7,11-14H,1-6H2. The van der Waals surface area contributed by atoms with Crippen LogP contribution in [-0.2, 0) is 4.79 Å². The van der Waals surface area contributed by atoms with Crippen LogP contribution in [0, 0.1) is 5.92 Å². The molecule has 1 fully saturated rings. The summed E-state index contributed by atoms with van der Waals surface area (Å²) in [4.78, 5) is 12.8. The first kappa shape index (κ1) is 12.4. The van der Waals surface area contributed by atoms with E-state index in [1.54, 1.807) is 0 Å². The van der Waals surface area contributed by atoms with E-state index in [4.69, 9.17) is 20.4 Å². The molecular weight excluding hydrogens is 202 g/mol. The average Bonchev–Trinajstić information content (AvgIpc) is 2.64. The molecule has 6 nitrogen and oxygen atoms in total. The van der Waals surface area contributed by atoms with Crippen LogP contribution in [0.3, 0.4) is 0 Å². The molecule has 1 unspecified atom stereocenters. The van der Waals surface area contributed by atoms with Gasteiger partial charge in [-0.3, -0.25) is 4.79 Å². The van der Waals surface area contributed by atoms with E-state index in [-0.39, 0.29) is 31.4 Å². The molecule has 0 saturated carbocycles. The van der Waals surface area contributed by atoms with E-state index >= 15 is 0 Å². The van der Waals surface area contributed by atoms with E-state index in [0.717, 1.165) is 0 Å². The van der Waals surface area contributed by atoms with Gasteiger partial charge in [0.2, 0.25) is 5.91 Å². The minimum absolute atomic E-state index is 0.111. The van der Waals surface area contributed by atoms with Gasteiger partial charge in [0, 0.05) is 25.5 Å². The van der Waals surface area contributed by atoms with Gasteiger partial charge < -0.3 is 25.3 Å². The summed E-state index contributed by atoms with van der Waals surface area (Å²) in [5.74, 6) is -0.437. The van der Waals surface area contributed by atoms with Gasteiger partial charge in [0.05, 0.1) is 19.8 Å². The quantitative estimate of drug-likeness (QED) is 0.411. The number of aliphatic hydroxyl groups excluding tert-OH is 4. The van der Waals surface area contributed by atoms with Crippen LogP contribution in [0.4, 0.5) is 0 Å². The first-order chi connectivity index (χ1) is 7.13. The van der Waals surface area contributed by atoms with E-state index in [0.29, 0.717) is 0 Å². The Labute approximate surface area is 87.8 Å². The van der Waals surface area contributed by atoms with Crippen LogP contribution in [0.15, 0.2) is 0 Å². The van der Waals surface area contributed by atoms with Gasteiger partial charge in [0.15, 0.2) is 0 Å². The topological polar surface area (TPSA) is 101 Å². The van der Waals surface area contributed by atoms with Crippen molar-refractivity contribution in [2.75, 3.05) is 33.0 Å². The van der Waals surface area contributed by atoms with E-state index in [1.165, 1.54) is 4.90 Å². The number of likely N-dealkylation sites (tertiary alicyclic amines) is 1. The Bertz CT molecular complexity index is 220. The normalized spacial score (nSPS) is 22.5. The molecule has 0 aromatic carbocycles. The van der Waals surface area contributed by atoms with Crippen molar-refractivity contribution < 1.29 is 25.2 Å². The molecule has 1 aliphatic heterocycles. The Morgan fingerprint density at radius 3 is 2.07 bits per heavy atom. The number of hydrogen-bond acceptors (Lipinski definition) is 5. The maximum atomic E-state index is 11.5. The highest BCUT2D eigenvalue weighted by molar-refractivity contribution is 5.79. The van der Waals surface area contributed by atoms with Crippen molar-refractivity contribution in [1.29, 1.82) is 0 Å². The lowest BCUT2D eigenvalue weighted by Crippen LogP contribution is -2.57. The molecule has 1 rings (SSSR count). The highest BCUT2D eigenvalue weighted by Crippen LogP contribution is 2.25. The number of hydrogen-bond donors (Lipinski definition) is 4. The van der Waals surface area contributed by atoms with Crippen molar-refractivity contribution in [2.45, 2.75) is 12.0 Å². The molecule has 15 heavy (non-hydrogen) atoms. The molecule has 1 saturated heterocycles. The third kappa shape index (κ3) is 2.12. The highest BCUT2D eigenvalue weighted by atomic mass is 16.3. The first-order valence-corrected chi connectivity index (χ1v) is 4.87. The van der Waals surface area contributed by atoms with Crippen LogP contribution < -0.4 is 0 Å². The van der Waals surface area contributed by atoms with Gasteiger partial charge in [0.1, 0.15) is 5.54 Å². The molecule has 1 heterocycles. The molecule has 0 aromatic rings. The van der Waals surface area contributed by atoms with Crippen molar-refractivity contribution in [3.05, 3.63) is 0 Å². The van der Waals surface area contributed by atoms with Gasteiger partial charge in [-0.2, -0.15) is 0 Å². The zero-order valence-electron chi connectivity index (χ0n) is 8.46. The number of carbonyl (C=O) groups excluding carboxylic acids is 1. The van der Waals surface area contributed by atoms with Crippen LogP contribution in [0.1, 0.15) is 6.42 Å². The number of amides is 1. The monoisotopic (exact) mass is 219 g/mol. The SMILES string of the molecule is O=C1CC(CO)CN1C(CO)(CO)CO. The number of aliphatic hydroxyl groups is 4. The van der Waals surface area contributed by atoms with Gasteiger partial charge in [-0.1, -0.05) is 0 Å². The van der Waals surface area contributed by atoms with Gasteiger partial charge in [0.25, 0.3) is 0 Å². The minimum Gasteiger partial charge on any atom is -0.396 e. The van der Waals surface area contributed by atoms with Gasteiger partial charge in [-0.15, -0.1) is 0 Å². The maximum absolute atomic E-state index is 11.5. The van der Waals surface area contributed by atoms with Gasteiger partial charge in [-0.05, 0) is 0 Å². The summed E-state index contributed by atoms with van der Waals surface area (Å²) in [6.45, 7) is -1.34. The Morgan fingerprint density at radius 1 is 1.20 bits per heavy atom. The van der Waals surface area contributed by atoms with Crippen molar-refractivity contribution in [2.24, 2.45) is 5.92 Å². The van der Waals surface area contributed by atoms with Crippen LogP contribution in [0.5, 0.6) is 0 Å². The summed E-state index contributed by atoms with van der Waals surface area (Å²) in [6.07, 6.45) is 0.193. The third-order valence-corrected chi connectivity index (χ3v) is 2.92. The Kier molecular flexibility index (Phi) is 4.04. The molecule has 0 aromatic heterocycles. The summed E-state index contributed by atoms with van der Waals surface area (Å²) in [6, 6.07) is 0. The lowest BCUT2D eigenvalue weighted by atomic mass is 10.0. The first-order valence-electron chi connectivity index (χ1n) is 4.87. The Hall–Kier alpha value is -0.690. The van der Waals surface area contributed by atoms with E-state index in [2.05, 4.69) is 0 Å². The summed E-state index contributed by atoms with van der Waals surface area (Å²) < 4.78 is 0. The second-order valence-electron chi connectivity index (χ2n) is 3.96. The van der Waals surface area contributed by atoms with Crippen LogP contribution in [0.25, 0.3) is 0 Å². The number of carbonyl (C=O) groups is 1. The molecule has 0 bridgehead atoms. The van der Waals surface area contributed by atoms with E-state index < -0.39 is 25.4 Å². The lowest BCUT2D eigenvalue weighted by Gasteiger charge is -2.37. The second-order valence-corrected chi connectivity index (χ2v) is 3.96. The predicted molar refractivity (Wildman–Crippen MR) is 50.9 cm³/mol. The van der Waals surface area contributed by atoms with Crippen LogP contribution >= 0.6 is 0 Å². The van der Waals surface area contributed by atoms with Crippen molar-refractivity contribution >= 4 is 5.91 Å². The molecular formula is C9H17NO5. The van der Waals surface area contributed by atoms with Gasteiger partial charge >= 0.3 is 0 Å². The zero-order valence-corrected chi connectivity index (χ0v) is 8.46. The summed E-state index contributed by atoms with van der Waals surface area (Å²) in [5, 5.41) is 36.3. The third-order valence-electron chi connectivity index (χ3n) is 2.92. The highest BCUT2D eigenvalue weighted by Gasteiger charge is 2.43. The fraction of sp³-hybridized carbons (Fsp3) is 0.889. The summed E-state index contributed by atoms with van der Waals surface area (Å²) >= 11 is 0. The fourth-order valence-corrected chi connectivity index (χ4v) is 1.77. The van der Waals surface area contributed by atoms with Crippen molar-refractivity contribution in [3.8, 4) is 0 Å². The molecule has 0 radical (unpaired) electrons. The molecule has 1 amide bonds. The lowest BCUT2D eigenvalue weighted by molar-refractivity contribution is -0.140. The number of nitrogens with zero attached hydrogens (tertiary/aromatic N) is 1. The molecule has 6 heteroatoms. The van der Waals surface area contributed by atoms with Gasteiger partial charge in [-0.25, -0.2) is 0 Å². The van der Waals surface area contributed by atoms with E-state index in [9.17, 15) is 4.79 Å². The molecule has 88 valence electrons. The van der Waals surface area contributed by atoms with Crippen molar-refractivity contribution in [1.82, 2.24) is 4.90 Å². The predicted octanol–water partition coefficient (Wildman–Crippen LogP) is -2.46. The minimum atomic E-state index is -1.30. The summed E-state index contributed by atoms with van der Waals surface area (Å²) in [5.41, 5.74) is -1.30. The average molecular weight is 219 g/mol. The summed E-state index contributed by atoms with van der Waals surface area (Å²) in [7, 11) is 0. The molecule has 0 aliphatic carbocycles. The maximum Gasteiger partial charge on any atom is 0.223 e. The zero-order chi connectivity index (χ0) is 11.5. The van der Waals surface area contributed by atoms with Crippen LogP contribution in [0.2, 0.25) is 0 Å². The number of rotatable bonds is 5. The largest absolute Gasteiger partial charge is 0.396 e.